The predicted octanol–water partition coefficient (Wildman–Crippen LogP) is 1.66. The number of halogens is 1. The summed E-state index contributed by atoms with van der Waals surface area (Å²) in [6.07, 6.45) is 0. The third-order valence-corrected chi connectivity index (χ3v) is 6.75. The van der Waals surface area contributed by atoms with Crippen molar-refractivity contribution in [3.05, 3.63) is 103 Å². The number of anilines is 1. The van der Waals surface area contributed by atoms with Crippen LogP contribution in [-0.2, 0) is 30.8 Å². The number of nitriles is 1. The van der Waals surface area contributed by atoms with Gasteiger partial charge in [0.2, 0.25) is 17.7 Å². The maximum Gasteiger partial charge on any atom is 0.333 e. The van der Waals surface area contributed by atoms with Gasteiger partial charge in [-0.15, -0.1) is 0 Å². The van der Waals surface area contributed by atoms with Crippen LogP contribution in [0, 0.1) is 11.3 Å². The molecule has 170 valence electrons. The van der Waals surface area contributed by atoms with Gasteiger partial charge in [-0.25, -0.2) is 4.79 Å². The van der Waals surface area contributed by atoms with E-state index in [1.165, 1.54) is 19.0 Å². The number of carbonyl (C=O) groups is 1. The van der Waals surface area contributed by atoms with Crippen molar-refractivity contribution < 1.29 is 9.53 Å². The minimum Gasteiger partial charge on any atom is -0.423 e. The van der Waals surface area contributed by atoms with Crippen LogP contribution in [0.1, 0.15) is 16.7 Å². The summed E-state index contributed by atoms with van der Waals surface area (Å²) < 4.78 is 7.58. The molecule has 9 nitrogen and oxygen atoms in total. The van der Waals surface area contributed by atoms with Gasteiger partial charge in [0.05, 0.1) is 6.54 Å². The molecule has 0 saturated heterocycles. The molecule has 0 fully saturated rings. The van der Waals surface area contributed by atoms with Gasteiger partial charge in [0, 0.05) is 30.4 Å². The van der Waals surface area contributed by atoms with Crippen LogP contribution < -0.4 is 26.6 Å². The van der Waals surface area contributed by atoms with Crippen LogP contribution in [0.25, 0.3) is 0 Å². The Morgan fingerprint density at radius 2 is 1.74 bits per heavy atom. The molecule has 1 spiro atoms. The van der Waals surface area contributed by atoms with E-state index in [0.717, 1.165) is 9.13 Å². The van der Waals surface area contributed by atoms with Crippen molar-refractivity contribution in [2.45, 2.75) is 12.0 Å². The van der Waals surface area contributed by atoms with Crippen molar-refractivity contribution in [2.24, 2.45) is 19.8 Å². The normalized spacial score (nSPS) is 18.5. The van der Waals surface area contributed by atoms with Crippen LogP contribution in [0.15, 0.2) is 69.6 Å². The van der Waals surface area contributed by atoms with Gasteiger partial charge in [0.15, 0.2) is 5.41 Å². The van der Waals surface area contributed by atoms with Crippen molar-refractivity contribution in [1.82, 2.24) is 9.13 Å². The molecular formula is C24H18ClN5O4. The second-order valence-electron chi connectivity index (χ2n) is 8.09. The fourth-order valence-electron chi connectivity index (χ4n) is 4.76. The van der Waals surface area contributed by atoms with Gasteiger partial charge in [0.25, 0.3) is 5.56 Å². The molecule has 2 aliphatic rings. The molecule has 5 rings (SSSR count). The monoisotopic (exact) mass is 475 g/mol. The first-order chi connectivity index (χ1) is 16.2. The van der Waals surface area contributed by atoms with Crippen LogP contribution in [0.4, 0.5) is 5.69 Å². The first kappa shape index (κ1) is 21.6. The van der Waals surface area contributed by atoms with Gasteiger partial charge in [-0.05, 0) is 17.7 Å². The fraction of sp³-hybridized carbons (Fsp3) is 0.167. The highest BCUT2D eigenvalue weighted by atomic mass is 35.5. The summed E-state index contributed by atoms with van der Waals surface area (Å²) in [6, 6.07) is 15.9. The average Bonchev–Trinajstić information content (AvgIpc) is 3.06. The summed E-state index contributed by atoms with van der Waals surface area (Å²) in [5.41, 5.74) is 4.06. The number of hydrogen-bond donors (Lipinski definition) is 1. The van der Waals surface area contributed by atoms with Crippen LogP contribution in [0.3, 0.4) is 0 Å². The van der Waals surface area contributed by atoms with E-state index in [1.54, 1.807) is 48.5 Å². The zero-order chi connectivity index (χ0) is 24.4. The number of ether oxygens (including phenoxy) is 1. The van der Waals surface area contributed by atoms with E-state index in [9.17, 15) is 19.6 Å². The van der Waals surface area contributed by atoms with E-state index in [1.807, 2.05) is 6.07 Å². The second-order valence-corrected chi connectivity index (χ2v) is 8.50. The number of fused-ring (bicyclic) bond motifs is 4. The van der Waals surface area contributed by atoms with Crippen molar-refractivity contribution in [3.63, 3.8) is 0 Å². The summed E-state index contributed by atoms with van der Waals surface area (Å²) >= 11 is 6.37. The molecule has 2 N–H and O–H groups in total. The number of para-hydroxylation sites is 1. The lowest BCUT2D eigenvalue weighted by Crippen LogP contribution is -2.52. The highest BCUT2D eigenvalue weighted by molar-refractivity contribution is 6.31. The van der Waals surface area contributed by atoms with Crippen molar-refractivity contribution in [1.29, 1.82) is 5.26 Å². The summed E-state index contributed by atoms with van der Waals surface area (Å²) in [5, 5.41) is 10.6. The van der Waals surface area contributed by atoms with Crippen LogP contribution in [-0.4, -0.2) is 15.0 Å². The first-order valence-electron chi connectivity index (χ1n) is 10.3. The van der Waals surface area contributed by atoms with Gasteiger partial charge in [0.1, 0.15) is 17.2 Å². The van der Waals surface area contributed by atoms with E-state index in [-0.39, 0.29) is 29.4 Å². The highest BCUT2D eigenvalue weighted by Crippen LogP contribution is 2.54. The molecule has 1 unspecified atom stereocenters. The largest absolute Gasteiger partial charge is 0.423 e. The van der Waals surface area contributed by atoms with Gasteiger partial charge >= 0.3 is 5.69 Å². The molecule has 3 heterocycles. The standard InChI is InChI=1S/C24H18ClN5O4/c1-28-20(31)18-21(29(2)23(28)33)34-19(27)15(11-26)24(18)14-8-4-6-10-17(14)30(22(24)32)12-13-7-3-5-9-16(13)25/h3-10H,12,27H2,1-2H3. The Hall–Kier alpha value is -4.29. The molecule has 0 aliphatic carbocycles. The molecule has 0 saturated carbocycles. The first-order valence-corrected chi connectivity index (χ1v) is 10.7. The minimum absolute atomic E-state index is 0.0954. The van der Waals surface area contributed by atoms with Gasteiger partial charge in [-0.3, -0.25) is 18.7 Å². The van der Waals surface area contributed by atoms with E-state index < -0.39 is 22.6 Å². The van der Waals surface area contributed by atoms with Gasteiger partial charge < -0.3 is 15.4 Å². The lowest BCUT2D eigenvalue weighted by Gasteiger charge is -2.34. The summed E-state index contributed by atoms with van der Waals surface area (Å²) in [6.45, 7) is 0.0954. The topological polar surface area (TPSA) is 123 Å². The second kappa shape index (κ2) is 7.37. The van der Waals surface area contributed by atoms with Crippen LogP contribution in [0.2, 0.25) is 5.02 Å². The van der Waals surface area contributed by atoms with E-state index in [4.69, 9.17) is 22.1 Å². The molecule has 10 heteroatoms. The molecule has 0 radical (unpaired) electrons. The number of carbonyl (C=O) groups excluding carboxylic acids is 1. The number of hydrogen-bond acceptors (Lipinski definition) is 6. The number of benzene rings is 2. The predicted molar refractivity (Wildman–Crippen MR) is 124 cm³/mol. The van der Waals surface area contributed by atoms with Crippen molar-refractivity contribution >= 4 is 23.2 Å². The molecular weight excluding hydrogens is 458 g/mol. The Kier molecular flexibility index (Phi) is 4.67. The number of nitrogens with two attached hydrogens (primary N) is 1. The SMILES string of the molecule is Cn1c2c(c(=O)n(C)c1=O)C1(C(=O)N(Cc3ccccc3Cl)c3ccccc31)C(C#N)=C(N)O2. The molecule has 1 aromatic heterocycles. The zero-order valence-corrected chi connectivity index (χ0v) is 19.0. The van der Waals surface area contributed by atoms with E-state index >= 15 is 0 Å². The lowest BCUT2D eigenvalue weighted by atomic mass is 9.69. The van der Waals surface area contributed by atoms with Crippen molar-refractivity contribution in [3.8, 4) is 11.9 Å². The zero-order valence-electron chi connectivity index (χ0n) is 18.2. The number of rotatable bonds is 2. The Morgan fingerprint density at radius 1 is 1.06 bits per heavy atom. The Morgan fingerprint density at radius 3 is 2.44 bits per heavy atom. The summed E-state index contributed by atoms with van der Waals surface area (Å²) in [7, 11) is 2.71. The van der Waals surface area contributed by atoms with Crippen LogP contribution in [0.5, 0.6) is 5.88 Å². The molecule has 34 heavy (non-hydrogen) atoms. The smallest absolute Gasteiger partial charge is 0.333 e. The number of amides is 1. The van der Waals surface area contributed by atoms with Gasteiger partial charge in [-0.2, -0.15) is 5.26 Å². The van der Waals surface area contributed by atoms with Crippen LogP contribution >= 0.6 is 11.6 Å². The molecule has 2 aromatic carbocycles. The maximum absolute atomic E-state index is 14.3. The Bertz CT molecular complexity index is 1600. The van der Waals surface area contributed by atoms with Gasteiger partial charge in [-0.1, -0.05) is 48.0 Å². The Balaban J connectivity index is 1.89. The minimum atomic E-state index is -1.88. The van der Waals surface area contributed by atoms with E-state index in [2.05, 4.69) is 0 Å². The molecule has 3 aromatic rings. The average molecular weight is 476 g/mol. The molecule has 1 amide bonds. The summed E-state index contributed by atoms with van der Waals surface area (Å²) in [4.78, 5) is 41.9. The molecule has 2 aliphatic heterocycles. The third kappa shape index (κ3) is 2.57. The number of aromatic nitrogens is 2. The summed E-state index contributed by atoms with van der Waals surface area (Å²) in [5.74, 6) is -1.08. The number of nitrogens with zero attached hydrogens (tertiary/aromatic N) is 4. The Labute approximate surface area is 198 Å². The molecule has 0 bridgehead atoms. The highest BCUT2D eigenvalue weighted by Gasteiger charge is 2.61. The molecule has 1 atom stereocenters. The quantitative estimate of drug-likeness (QED) is 0.601. The van der Waals surface area contributed by atoms with E-state index in [0.29, 0.717) is 21.8 Å². The third-order valence-electron chi connectivity index (χ3n) is 6.38. The maximum atomic E-state index is 14.3. The lowest BCUT2D eigenvalue weighted by molar-refractivity contribution is -0.121. The fourth-order valence-corrected chi connectivity index (χ4v) is 4.96. The van der Waals surface area contributed by atoms with Crippen molar-refractivity contribution in [2.75, 3.05) is 4.90 Å².